The molecule has 1 fully saturated rings. The quantitative estimate of drug-likeness (QED) is 0.481. The van der Waals surface area contributed by atoms with Crippen molar-refractivity contribution >= 4 is 17.6 Å². The van der Waals surface area contributed by atoms with Crippen molar-refractivity contribution in [3.63, 3.8) is 0 Å². The number of hydrogen-bond acceptors (Lipinski definition) is 4. The van der Waals surface area contributed by atoms with Crippen LogP contribution in [-0.2, 0) is 16.9 Å². The van der Waals surface area contributed by atoms with E-state index in [4.69, 9.17) is 0 Å². The Morgan fingerprint density at radius 1 is 1.14 bits per heavy atom. The van der Waals surface area contributed by atoms with Gasteiger partial charge < -0.3 is 5.32 Å². The lowest BCUT2D eigenvalue weighted by atomic mass is 9.90. The molecule has 0 radical (unpaired) electrons. The first-order valence-corrected chi connectivity index (χ1v) is 9.12. The van der Waals surface area contributed by atoms with Crippen molar-refractivity contribution in [2.75, 3.05) is 0 Å². The Hall–Kier alpha value is -3.22. The van der Waals surface area contributed by atoms with Gasteiger partial charge in [0.15, 0.2) is 0 Å². The Bertz CT molecular complexity index is 953. The normalized spacial score (nSPS) is 19.2. The average Bonchev–Trinajstić information content (AvgIpc) is 2.87. The second kappa shape index (κ2) is 7.07. The smallest absolute Gasteiger partial charge is 0.319 e. The summed E-state index contributed by atoms with van der Waals surface area (Å²) >= 11 is 0. The van der Waals surface area contributed by atoms with Gasteiger partial charge in [0.25, 0.3) is 11.6 Å². The fraction of sp³-hybridized carbons (Fsp3) is 0.333. The van der Waals surface area contributed by atoms with Crippen LogP contribution in [0.3, 0.4) is 0 Å². The summed E-state index contributed by atoms with van der Waals surface area (Å²) in [5.74, 6) is -0.00947. The third kappa shape index (κ3) is 3.24. The fourth-order valence-corrected chi connectivity index (χ4v) is 3.45. The summed E-state index contributed by atoms with van der Waals surface area (Å²) in [6, 6.07) is 11.8. The molecule has 1 aliphatic heterocycles. The Kier molecular flexibility index (Phi) is 4.93. The van der Waals surface area contributed by atoms with Crippen molar-refractivity contribution in [3.8, 4) is 0 Å². The molecule has 28 heavy (non-hydrogen) atoms. The largest absolute Gasteiger partial charge is 0.325 e. The number of nitrogens with one attached hydrogen (secondary N) is 1. The van der Waals surface area contributed by atoms with Gasteiger partial charge in [0.05, 0.1) is 11.5 Å². The van der Waals surface area contributed by atoms with Crippen molar-refractivity contribution in [1.82, 2.24) is 10.2 Å². The molecule has 3 rings (SSSR count). The number of urea groups is 1. The van der Waals surface area contributed by atoms with Crippen LogP contribution in [0.25, 0.3) is 0 Å². The van der Waals surface area contributed by atoms with Crippen LogP contribution >= 0.6 is 0 Å². The minimum Gasteiger partial charge on any atom is -0.319 e. The lowest BCUT2D eigenvalue weighted by molar-refractivity contribution is -0.385. The Morgan fingerprint density at radius 2 is 1.79 bits per heavy atom. The van der Waals surface area contributed by atoms with Gasteiger partial charge in [0, 0.05) is 11.6 Å². The second-order valence-electron chi connectivity index (χ2n) is 7.54. The van der Waals surface area contributed by atoms with Crippen molar-refractivity contribution in [1.29, 1.82) is 0 Å². The van der Waals surface area contributed by atoms with E-state index in [1.807, 2.05) is 24.3 Å². The van der Waals surface area contributed by atoms with Gasteiger partial charge in [-0.2, -0.15) is 0 Å². The highest BCUT2D eigenvalue weighted by molar-refractivity contribution is 6.07. The van der Waals surface area contributed by atoms with Crippen LogP contribution in [0, 0.1) is 17.0 Å². The van der Waals surface area contributed by atoms with Crippen molar-refractivity contribution in [2.45, 2.75) is 45.7 Å². The Balaban J connectivity index is 1.90. The highest BCUT2D eigenvalue weighted by atomic mass is 16.6. The van der Waals surface area contributed by atoms with Crippen LogP contribution in [-0.4, -0.2) is 21.8 Å². The molecular formula is C21H23N3O4. The molecule has 0 aliphatic carbocycles. The van der Waals surface area contributed by atoms with E-state index in [-0.39, 0.29) is 18.1 Å². The summed E-state index contributed by atoms with van der Waals surface area (Å²) in [6.07, 6.45) is 0. The van der Waals surface area contributed by atoms with Crippen molar-refractivity contribution < 1.29 is 14.5 Å². The van der Waals surface area contributed by atoms with Gasteiger partial charge in [0.1, 0.15) is 5.54 Å². The molecule has 3 amide bonds. The molecule has 2 aromatic carbocycles. The van der Waals surface area contributed by atoms with Crippen LogP contribution in [0.1, 0.15) is 48.9 Å². The number of nitro groups is 1. The molecule has 7 nitrogen and oxygen atoms in total. The van der Waals surface area contributed by atoms with Gasteiger partial charge in [-0.15, -0.1) is 0 Å². The number of carbonyl (C=O) groups excluding carboxylic acids is 2. The van der Waals surface area contributed by atoms with Crippen molar-refractivity contribution in [3.05, 3.63) is 74.8 Å². The summed E-state index contributed by atoms with van der Waals surface area (Å²) in [6.45, 7) is 7.45. The van der Waals surface area contributed by atoms with Gasteiger partial charge in [-0.3, -0.25) is 19.8 Å². The number of nitrogens with zero attached hydrogens (tertiary/aromatic N) is 2. The molecule has 7 heteroatoms. The maximum atomic E-state index is 13.1. The molecule has 0 spiro atoms. The number of rotatable bonds is 5. The van der Waals surface area contributed by atoms with Crippen LogP contribution in [0.15, 0.2) is 42.5 Å². The Morgan fingerprint density at radius 3 is 2.36 bits per heavy atom. The number of carbonyl (C=O) groups is 2. The number of nitro benzene ring substituents is 1. The number of imide groups is 1. The summed E-state index contributed by atoms with van der Waals surface area (Å²) in [4.78, 5) is 37.4. The van der Waals surface area contributed by atoms with Crippen LogP contribution in [0.5, 0.6) is 0 Å². The maximum Gasteiger partial charge on any atom is 0.325 e. The van der Waals surface area contributed by atoms with Gasteiger partial charge in [-0.1, -0.05) is 50.2 Å². The Labute approximate surface area is 163 Å². The number of amides is 3. The zero-order valence-corrected chi connectivity index (χ0v) is 16.4. The zero-order valence-electron chi connectivity index (χ0n) is 16.4. The van der Waals surface area contributed by atoms with E-state index in [1.165, 1.54) is 6.07 Å². The lowest BCUT2D eigenvalue weighted by Crippen LogP contribution is -2.40. The minimum absolute atomic E-state index is 0.0160. The molecule has 146 valence electrons. The monoisotopic (exact) mass is 381 g/mol. The topological polar surface area (TPSA) is 92.6 Å². The van der Waals surface area contributed by atoms with Crippen LogP contribution in [0.2, 0.25) is 0 Å². The minimum atomic E-state index is -1.17. The molecule has 2 aromatic rings. The van der Waals surface area contributed by atoms with E-state index in [2.05, 4.69) is 19.2 Å². The molecule has 1 heterocycles. The van der Waals surface area contributed by atoms with Gasteiger partial charge in [-0.05, 0) is 36.5 Å². The standard InChI is InChI=1S/C21H23N3O4/c1-13(2)15-8-10-17(11-9-15)21(4)19(25)23(20(26)22-21)12-16-6-5-7-18(14(16)3)24(27)28/h5-11,13H,12H2,1-4H3,(H,22,26)/t21-/m0/s1. The summed E-state index contributed by atoms with van der Waals surface area (Å²) in [5, 5.41) is 13.9. The molecule has 1 atom stereocenters. The van der Waals surface area contributed by atoms with Gasteiger partial charge in [-0.25, -0.2) is 4.79 Å². The second-order valence-corrected chi connectivity index (χ2v) is 7.54. The zero-order chi connectivity index (χ0) is 20.6. The van der Waals surface area contributed by atoms with Gasteiger partial charge in [0.2, 0.25) is 0 Å². The van der Waals surface area contributed by atoms with Gasteiger partial charge >= 0.3 is 6.03 Å². The molecule has 1 N–H and O–H groups in total. The predicted octanol–water partition coefficient (Wildman–Crippen LogP) is 3.99. The van der Waals surface area contributed by atoms with E-state index < -0.39 is 16.5 Å². The predicted molar refractivity (Wildman–Crippen MR) is 105 cm³/mol. The number of benzene rings is 2. The van der Waals surface area contributed by atoms with E-state index in [1.54, 1.807) is 26.0 Å². The van der Waals surface area contributed by atoms with E-state index in [9.17, 15) is 19.7 Å². The SMILES string of the molecule is Cc1c(CN2C(=O)N[C@@](C)(c3ccc(C(C)C)cc3)C2=O)cccc1[N+](=O)[O-]. The first kappa shape index (κ1) is 19.5. The highest BCUT2D eigenvalue weighted by Gasteiger charge is 2.49. The van der Waals surface area contributed by atoms with Crippen LogP contribution in [0.4, 0.5) is 10.5 Å². The van der Waals surface area contributed by atoms with E-state index in [0.29, 0.717) is 22.6 Å². The third-order valence-electron chi connectivity index (χ3n) is 5.37. The molecular weight excluding hydrogens is 358 g/mol. The average molecular weight is 381 g/mol. The molecule has 1 aliphatic rings. The first-order chi connectivity index (χ1) is 13.1. The maximum absolute atomic E-state index is 13.1. The van der Waals surface area contributed by atoms with Crippen molar-refractivity contribution in [2.24, 2.45) is 0 Å². The first-order valence-electron chi connectivity index (χ1n) is 9.12. The summed E-state index contributed by atoms with van der Waals surface area (Å²) < 4.78 is 0. The highest BCUT2D eigenvalue weighted by Crippen LogP contribution is 2.32. The van der Waals surface area contributed by atoms with E-state index in [0.717, 1.165) is 10.5 Å². The summed E-state index contributed by atoms with van der Waals surface area (Å²) in [7, 11) is 0. The summed E-state index contributed by atoms with van der Waals surface area (Å²) in [5.41, 5.74) is 1.67. The molecule has 1 saturated heterocycles. The molecule has 0 aromatic heterocycles. The molecule has 0 saturated carbocycles. The fourth-order valence-electron chi connectivity index (χ4n) is 3.45. The third-order valence-corrected chi connectivity index (χ3v) is 5.37. The van der Waals surface area contributed by atoms with E-state index >= 15 is 0 Å². The molecule has 0 unspecified atom stereocenters. The lowest BCUT2D eigenvalue weighted by Gasteiger charge is -2.23. The van der Waals surface area contributed by atoms with Crippen LogP contribution < -0.4 is 5.32 Å². The molecule has 0 bridgehead atoms. The number of hydrogen-bond donors (Lipinski definition) is 1.